The Hall–Kier alpha value is -1.44. The van der Waals surface area contributed by atoms with Gasteiger partial charge >= 0.3 is 5.97 Å². The SMILES string of the molecule is Cc1ccc(Sc2c(Cl)c(Cl)c(C(=O)NCCO)c(C(=O)O)c2Cl)cc1. The quantitative estimate of drug-likeness (QED) is 0.582. The van der Waals surface area contributed by atoms with Crippen molar-refractivity contribution in [1.29, 1.82) is 0 Å². The molecule has 0 saturated heterocycles. The van der Waals surface area contributed by atoms with E-state index in [1.807, 2.05) is 31.2 Å². The van der Waals surface area contributed by atoms with E-state index >= 15 is 0 Å². The van der Waals surface area contributed by atoms with Gasteiger partial charge in [0.05, 0.1) is 37.7 Å². The first-order valence-electron chi connectivity index (χ1n) is 7.35. The molecule has 0 saturated carbocycles. The van der Waals surface area contributed by atoms with E-state index in [1.165, 1.54) is 0 Å². The number of carboxylic acids is 1. The third-order valence-corrected chi connectivity index (χ3v) is 5.93. The fraction of sp³-hybridized carbons (Fsp3) is 0.176. The van der Waals surface area contributed by atoms with E-state index < -0.39 is 17.4 Å². The van der Waals surface area contributed by atoms with Crippen molar-refractivity contribution in [3.63, 3.8) is 0 Å². The molecular formula is C17H14Cl3NO4S. The number of nitrogens with one attached hydrogen (secondary N) is 1. The number of halogens is 3. The molecule has 0 fully saturated rings. The van der Waals surface area contributed by atoms with Crippen molar-refractivity contribution >= 4 is 58.4 Å². The number of aliphatic hydroxyl groups excluding tert-OH is 1. The van der Waals surface area contributed by atoms with E-state index in [1.54, 1.807) is 0 Å². The van der Waals surface area contributed by atoms with E-state index in [4.69, 9.17) is 39.9 Å². The third-order valence-electron chi connectivity index (χ3n) is 3.36. The number of hydrogen-bond donors (Lipinski definition) is 3. The largest absolute Gasteiger partial charge is 0.478 e. The molecular weight excluding hydrogens is 421 g/mol. The normalized spacial score (nSPS) is 10.7. The summed E-state index contributed by atoms with van der Waals surface area (Å²) in [6.45, 7) is 1.56. The van der Waals surface area contributed by atoms with Gasteiger partial charge in [0.1, 0.15) is 0 Å². The molecule has 0 aromatic heterocycles. The summed E-state index contributed by atoms with van der Waals surface area (Å²) in [6, 6.07) is 7.45. The summed E-state index contributed by atoms with van der Waals surface area (Å²) in [5.41, 5.74) is 0.286. The first-order chi connectivity index (χ1) is 12.3. The van der Waals surface area contributed by atoms with Crippen molar-refractivity contribution in [2.24, 2.45) is 0 Å². The Balaban J connectivity index is 2.59. The van der Waals surface area contributed by atoms with Crippen molar-refractivity contribution in [2.45, 2.75) is 16.7 Å². The Kier molecular flexibility index (Phi) is 7.20. The Labute approximate surface area is 169 Å². The van der Waals surface area contributed by atoms with Crippen molar-refractivity contribution in [3.05, 3.63) is 56.0 Å². The summed E-state index contributed by atoms with van der Waals surface area (Å²) in [7, 11) is 0. The Morgan fingerprint density at radius 1 is 1.04 bits per heavy atom. The van der Waals surface area contributed by atoms with Gasteiger partial charge in [0, 0.05) is 11.4 Å². The van der Waals surface area contributed by atoms with Crippen LogP contribution in [0.1, 0.15) is 26.3 Å². The van der Waals surface area contributed by atoms with Crippen LogP contribution < -0.4 is 5.32 Å². The van der Waals surface area contributed by atoms with Gasteiger partial charge in [-0.15, -0.1) is 0 Å². The number of amides is 1. The van der Waals surface area contributed by atoms with Crippen LogP contribution in [-0.2, 0) is 0 Å². The molecule has 0 aliphatic heterocycles. The van der Waals surface area contributed by atoms with Crippen LogP contribution in [0.25, 0.3) is 0 Å². The minimum absolute atomic E-state index is 0.0126. The van der Waals surface area contributed by atoms with E-state index in [0.29, 0.717) is 0 Å². The van der Waals surface area contributed by atoms with Gasteiger partial charge in [-0.3, -0.25) is 4.79 Å². The van der Waals surface area contributed by atoms with Gasteiger partial charge in [-0.1, -0.05) is 64.3 Å². The molecule has 26 heavy (non-hydrogen) atoms. The Bertz CT molecular complexity index is 856. The van der Waals surface area contributed by atoms with Crippen molar-refractivity contribution < 1.29 is 19.8 Å². The summed E-state index contributed by atoms with van der Waals surface area (Å²) in [4.78, 5) is 25.0. The van der Waals surface area contributed by atoms with Gasteiger partial charge in [-0.05, 0) is 19.1 Å². The number of aromatic carboxylic acids is 1. The molecule has 0 unspecified atom stereocenters. The number of carbonyl (C=O) groups excluding carboxylic acids is 1. The molecule has 0 aliphatic carbocycles. The second-order valence-corrected chi connectivity index (χ2v) is 7.44. The van der Waals surface area contributed by atoms with Crippen LogP contribution in [0.15, 0.2) is 34.1 Å². The van der Waals surface area contributed by atoms with Crippen LogP contribution >= 0.6 is 46.6 Å². The van der Waals surface area contributed by atoms with Gasteiger partial charge in [0.15, 0.2) is 0 Å². The lowest BCUT2D eigenvalue weighted by Crippen LogP contribution is -2.28. The lowest BCUT2D eigenvalue weighted by Gasteiger charge is -2.16. The first-order valence-corrected chi connectivity index (χ1v) is 9.30. The molecule has 0 spiro atoms. The molecule has 0 atom stereocenters. The van der Waals surface area contributed by atoms with Crippen LogP contribution in [0.4, 0.5) is 0 Å². The lowest BCUT2D eigenvalue weighted by molar-refractivity contribution is 0.0691. The number of benzene rings is 2. The predicted molar refractivity (Wildman–Crippen MR) is 103 cm³/mol. The number of aryl methyl sites for hydroxylation is 1. The standard InChI is InChI=1S/C17H14Cl3NO4S/c1-8-2-4-9(5-3-8)26-15-13(19)11(17(24)25)10(12(18)14(15)20)16(23)21-6-7-22/h2-5,22H,6-7H2,1H3,(H,21,23)(H,24,25). The van der Waals surface area contributed by atoms with E-state index in [2.05, 4.69) is 5.32 Å². The third kappa shape index (κ3) is 4.45. The highest BCUT2D eigenvalue weighted by molar-refractivity contribution is 7.99. The summed E-state index contributed by atoms with van der Waals surface area (Å²) in [6.07, 6.45) is 0. The smallest absolute Gasteiger partial charge is 0.338 e. The summed E-state index contributed by atoms with van der Waals surface area (Å²) >= 11 is 19.9. The number of hydrogen-bond acceptors (Lipinski definition) is 4. The first kappa shape index (κ1) is 20.9. The molecule has 2 aromatic carbocycles. The second-order valence-electron chi connectivity index (χ2n) is 5.22. The minimum atomic E-state index is -1.41. The number of carboxylic acid groups (broad SMARTS) is 1. The van der Waals surface area contributed by atoms with E-state index in [0.717, 1.165) is 22.2 Å². The summed E-state index contributed by atoms with van der Waals surface area (Å²) in [5.74, 6) is -2.19. The van der Waals surface area contributed by atoms with Gasteiger partial charge in [0.25, 0.3) is 5.91 Å². The van der Waals surface area contributed by atoms with Gasteiger partial charge in [-0.25, -0.2) is 4.79 Å². The Morgan fingerprint density at radius 2 is 1.65 bits per heavy atom. The average Bonchev–Trinajstić information content (AvgIpc) is 2.60. The molecule has 2 aromatic rings. The van der Waals surface area contributed by atoms with Crippen LogP contribution in [0.3, 0.4) is 0 Å². The fourth-order valence-corrected chi connectivity index (χ4v) is 4.09. The Morgan fingerprint density at radius 3 is 2.19 bits per heavy atom. The van der Waals surface area contributed by atoms with E-state index in [-0.39, 0.29) is 38.7 Å². The zero-order chi connectivity index (χ0) is 19.4. The predicted octanol–water partition coefficient (Wildman–Crippen LogP) is 4.53. The second kappa shape index (κ2) is 8.97. The van der Waals surface area contributed by atoms with Gasteiger partial charge in [-0.2, -0.15) is 0 Å². The van der Waals surface area contributed by atoms with Crippen molar-refractivity contribution in [3.8, 4) is 0 Å². The van der Waals surface area contributed by atoms with Gasteiger partial charge < -0.3 is 15.5 Å². The van der Waals surface area contributed by atoms with Gasteiger partial charge in [0.2, 0.25) is 0 Å². The number of aliphatic hydroxyl groups is 1. The van der Waals surface area contributed by atoms with Crippen LogP contribution in [0.5, 0.6) is 0 Å². The molecule has 2 rings (SSSR count). The van der Waals surface area contributed by atoms with Crippen LogP contribution in [0.2, 0.25) is 15.1 Å². The molecule has 3 N–H and O–H groups in total. The van der Waals surface area contributed by atoms with Crippen LogP contribution in [-0.4, -0.2) is 35.2 Å². The zero-order valence-electron chi connectivity index (χ0n) is 13.5. The monoisotopic (exact) mass is 433 g/mol. The molecule has 0 aliphatic rings. The fourth-order valence-electron chi connectivity index (χ4n) is 2.12. The molecule has 1 amide bonds. The number of rotatable bonds is 6. The maximum Gasteiger partial charge on any atom is 0.338 e. The topological polar surface area (TPSA) is 86.6 Å². The zero-order valence-corrected chi connectivity index (χ0v) is 16.6. The molecule has 0 bridgehead atoms. The molecule has 9 heteroatoms. The maximum absolute atomic E-state index is 12.3. The lowest BCUT2D eigenvalue weighted by atomic mass is 10.1. The molecule has 0 heterocycles. The van der Waals surface area contributed by atoms with E-state index in [9.17, 15) is 14.7 Å². The minimum Gasteiger partial charge on any atom is -0.478 e. The highest BCUT2D eigenvalue weighted by Gasteiger charge is 2.29. The summed E-state index contributed by atoms with van der Waals surface area (Å²) < 4.78 is 0. The summed E-state index contributed by atoms with van der Waals surface area (Å²) in [5, 5.41) is 20.3. The van der Waals surface area contributed by atoms with Crippen molar-refractivity contribution in [1.82, 2.24) is 5.32 Å². The number of carbonyl (C=O) groups is 2. The molecule has 0 radical (unpaired) electrons. The van der Waals surface area contributed by atoms with Crippen molar-refractivity contribution in [2.75, 3.05) is 13.2 Å². The van der Waals surface area contributed by atoms with Crippen LogP contribution in [0, 0.1) is 6.92 Å². The molecule has 5 nitrogen and oxygen atoms in total. The highest BCUT2D eigenvalue weighted by atomic mass is 35.5. The average molecular weight is 435 g/mol. The highest BCUT2D eigenvalue weighted by Crippen LogP contribution is 2.46. The molecule has 138 valence electrons. The maximum atomic E-state index is 12.3.